The zero-order valence-electron chi connectivity index (χ0n) is 17.2. The Bertz CT molecular complexity index is 1040. The number of benzene rings is 1. The third kappa shape index (κ3) is 4.13. The molecule has 2 aromatic heterocycles. The molecule has 7 nitrogen and oxygen atoms in total. The molecule has 1 aromatic carbocycles. The first kappa shape index (κ1) is 20.6. The Hall–Kier alpha value is -2.64. The lowest BCUT2D eigenvalue weighted by molar-refractivity contribution is 0.0904. The number of pyridine rings is 1. The maximum atomic E-state index is 13.1. The van der Waals surface area contributed by atoms with Gasteiger partial charge in [0.25, 0.3) is 5.91 Å². The van der Waals surface area contributed by atoms with Gasteiger partial charge >= 0.3 is 0 Å². The highest BCUT2D eigenvalue weighted by atomic mass is 35.5. The van der Waals surface area contributed by atoms with Crippen molar-refractivity contribution in [2.24, 2.45) is 0 Å². The van der Waals surface area contributed by atoms with Crippen molar-refractivity contribution in [2.75, 3.05) is 18.5 Å². The van der Waals surface area contributed by atoms with Gasteiger partial charge in [-0.1, -0.05) is 23.7 Å². The molecule has 0 radical (unpaired) electrons. The van der Waals surface area contributed by atoms with Crippen LogP contribution in [0, 0.1) is 6.92 Å². The van der Waals surface area contributed by atoms with Crippen molar-refractivity contribution in [3.8, 4) is 0 Å². The number of hydrogen-bond donors (Lipinski definition) is 2. The molecule has 1 amide bonds. The predicted molar refractivity (Wildman–Crippen MR) is 118 cm³/mol. The molecule has 0 unspecified atom stereocenters. The van der Waals surface area contributed by atoms with Crippen LogP contribution in [0.2, 0.25) is 5.02 Å². The molecule has 30 heavy (non-hydrogen) atoms. The van der Waals surface area contributed by atoms with E-state index in [1.807, 2.05) is 36.7 Å². The Kier molecular flexibility index (Phi) is 6.20. The first-order chi connectivity index (χ1) is 14.6. The zero-order chi connectivity index (χ0) is 21.1. The minimum Gasteiger partial charge on any atom is -0.381 e. The molecule has 0 saturated carbocycles. The van der Waals surface area contributed by atoms with E-state index in [4.69, 9.17) is 16.3 Å². The lowest BCUT2D eigenvalue weighted by Crippen LogP contribution is -2.30. The van der Waals surface area contributed by atoms with Crippen molar-refractivity contribution in [3.63, 3.8) is 0 Å². The lowest BCUT2D eigenvalue weighted by Gasteiger charge is -2.25. The summed E-state index contributed by atoms with van der Waals surface area (Å²) in [5, 5.41) is 12.5. The Morgan fingerprint density at radius 1 is 1.30 bits per heavy atom. The van der Waals surface area contributed by atoms with Gasteiger partial charge in [-0.05, 0) is 43.9 Å². The number of aromatic nitrogens is 3. The van der Waals surface area contributed by atoms with Gasteiger partial charge in [0.2, 0.25) is 0 Å². The van der Waals surface area contributed by atoms with Gasteiger partial charge in [0.1, 0.15) is 0 Å². The summed E-state index contributed by atoms with van der Waals surface area (Å²) in [7, 11) is 0. The number of hydrogen-bond acceptors (Lipinski definition) is 5. The van der Waals surface area contributed by atoms with Gasteiger partial charge in [0.15, 0.2) is 5.65 Å². The van der Waals surface area contributed by atoms with Crippen molar-refractivity contribution >= 4 is 34.2 Å². The van der Waals surface area contributed by atoms with E-state index in [1.54, 1.807) is 12.4 Å². The fourth-order valence-corrected chi connectivity index (χ4v) is 4.07. The molecular formula is C22H26ClN5O2. The fourth-order valence-electron chi connectivity index (χ4n) is 3.79. The Labute approximate surface area is 180 Å². The number of anilines is 1. The molecule has 0 atom stereocenters. The van der Waals surface area contributed by atoms with Crippen LogP contribution in [0.3, 0.4) is 0 Å². The predicted octanol–water partition coefficient (Wildman–Crippen LogP) is 3.93. The van der Waals surface area contributed by atoms with Crippen LogP contribution in [-0.4, -0.2) is 39.9 Å². The van der Waals surface area contributed by atoms with Crippen LogP contribution in [-0.2, 0) is 17.8 Å². The largest absolute Gasteiger partial charge is 0.381 e. The molecule has 1 saturated heterocycles. The van der Waals surface area contributed by atoms with Gasteiger partial charge in [-0.25, -0.2) is 9.67 Å². The van der Waals surface area contributed by atoms with Crippen molar-refractivity contribution in [1.82, 2.24) is 20.1 Å². The second-order valence-corrected chi connectivity index (χ2v) is 7.90. The summed E-state index contributed by atoms with van der Waals surface area (Å²) in [5.41, 5.74) is 4.01. The first-order valence-corrected chi connectivity index (χ1v) is 10.7. The van der Waals surface area contributed by atoms with Crippen LogP contribution in [0.1, 0.15) is 41.3 Å². The van der Waals surface area contributed by atoms with Crippen LogP contribution in [0.15, 0.2) is 30.6 Å². The Morgan fingerprint density at radius 3 is 2.83 bits per heavy atom. The number of halogens is 1. The molecule has 1 aliphatic heterocycles. The smallest absolute Gasteiger partial charge is 0.255 e. The molecule has 1 fully saturated rings. The first-order valence-electron chi connectivity index (χ1n) is 10.3. The standard InChI is InChI=1S/C22H26ClN5O2/c1-3-28-21-17(13-26-28)20(27-15-7-9-30-10-8-15)18(12-24-21)22(29)25-11-16-14(2)5-4-6-19(16)23/h4-6,12-13,15H,3,7-11H2,1-2H3,(H,24,27)(H,25,29). The van der Waals surface area contributed by atoms with Crippen molar-refractivity contribution in [3.05, 3.63) is 52.3 Å². The highest BCUT2D eigenvalue weighted by molar-refractivity contribution is 6.31. The van der Waals surface area contributed by atoms with E-state index in [-0.39, 0.29) is 11.9 Å². The summed E-state index contributed by atoms with van der Waals surface area (Å²) in [6.45, 7) is 6.50. The normalized spacial score (nSPS) is 14.8. The molecule has 8 heteroatoms. The monoisotopic (exact) mass is 427 g/mol. The van der Waals surface area contributed by atoms with Gasteiger partial charge in [-0.15, -0.1) is 0 Å². The minimum absolute atomic E-state index is 0.192. The van der Waals surface area contributed by atoms with E-state index >= 15 is 0 Å². The SMILES string of the molecule is CCn1ncc2c(NC3CCOCC3)c(C(=O)NCc3c(C)cccc3Cl)cnc21. The van der Waals surface area contributed by atoms with Gasteiger partial charge in [-0.3, -0.25) is 4.79 Å². The number of aryl methyl sites for hydroxylation is 2. The molecular weight excluding hydrogens is 402 g/mol. The summed E-state index contributed by atoms with van der Waals surface area (Å²) in [4.78, 5) is 17.7. The molecule has 0 bridgehead atoms. The molecule has 3 aromatic rings. The van der Waals surface area contributed by atoms with Crippen molar-refractivity contribution < 1.29 is 9.53 Å². The van der Waals surface area contributed by atoms with E-state index < -0.39 is 0 Å². The van der Waals surface area contributed by atoms with E-state index in [0.29, 0.717) is 36.9 Å². The Balaban J connectivity index is 1.64. The third-order valence-electron chi connectivity index (χ3n) is 5.56. The van der Waals surface area contributed by atoms with Crippen LogP contribution >= 0.6 is 11.6 Å². The van der Waals surface area contributed by atoms with Crippen molar-refractivity contribution in [2.45, 2.75) is 45.8 Å². The summed E-state index contributed by atoms with van der Waals surface area (Å²) in [6, 6.07) is 5.97. The maximum Gasteiger partial charge on any atom is 0.255 e. The zero-order valence-corrected chi connectivity index (χ0v) is 18.0. The number of carbonyl (C=O) groups excluding carboxylic acids is 1. The quantitative estimate of drug-likeness (QED) is 0.622. The van der Waals surface area contributed by atoms with E-state index in [0.717, 1.165) is 40.7 Å². The van der Waals surface area contributed by atoms with Crippen LogP contribution < -0.4 is 10.6 Å². The number of rotatable bonds is 6. The molecule has 158 valence electrons. The Morgan fingerprint density at radius 2 is 2.10 bits per heavy atom. The second-order valence-electron chi connectivity index (χ2n) is 7.49. The number of fused-ring (bicyclic) bond motifs is 1. The summed E-state index contributed by atoms with van der Waals surface area (Å²) in [6.07, 6.45) is 5.20. The highest BCUT2D eigenvalue weighted by Crippen LogP contribution is 2.28. The summed E-state index contributed by atoms with van der Waals surface area (Å²) in [5.74, 6) is -0.192. The summed E-state index contributed by atoms with van der Waals surface area (Å²) >= 11 is 6.32. The topological polar surface area (TPSA) is 81.1 Å². The van der Waals surface area contributed by atoms with Crippen molar-refractivity contribution in [1.29, 1.82) is 0 Å². The molecule has 1 aliphatic rings. The van der Waals surface area contributed by atoms with Gasteiger partial charge in [0, 0.05) is 43.6 Å². The van der Waals surface area contributed by atoms with Crippen LogP contribution in [0.25, 0.3) is 11.0 Å². The number of nitrogens with one attached hydrogen (secondary N) is 2. The van der Waals surface area contributed by atoms with Gasteiger partial charge < -0.3 is 15.4 Å². The number of amides is 1. The highest BCUT2D eigenvalue weighted by Gasteiger charge is 2.22. The molecule has 4 rings (SSSR count). The molecule has 0 spiro atoms. The fraction of sp³-hybridized carbons (Fsp3) is 0.409. The summed E-state index contributed by atoms with van der Waals surface area (Å²) < 4.78 is 7.31. The minimum atomic E-state index is -0.192. The average molecular weight is 428 g/mol. The number of carbonyl (C=O) groups is 1. The maximum absolute atomic E-state index is 13.1. The molecule has 2 N–H and O–H groups in total. The number of ether oxygens (including phenoxy) is 1. The second kappa shape index (κ2) is 9.02. The third-order valence-corrected chi connectivity index (χ3v) is 5.91. The van der Waals surface area contributed by atoms with E-state index in [9.17, 15) is 4.79 Å². The lowest BCUT2D eigenvalue weighted by atomic mass is 10.1. The number of nitrogens with zero attached hydrogens (tertiary/aromatic N) is 3. The van der Waals surface area contributed by atoms with E-state index in [1.165, 1.54) is 0 Å². The van der Waals surface area contributed by atoms with Crippen LogP contribution in [0.5, 0.6) is 0 Å². The van der Waals surface area contributed by atoms with E-state index in [2.05, 4.69) is 20.7 Å². The van der Waals surface area contributed by atoms with Gasteiger partial charge in [-0.2, -0.15) is 5.10 Å². The molecule has 3 heterocycles. The van der Waals surface area contributed by atoms with Gasteiger partial charge in [0.05, 0.1) is 22.8 Å². The van der Waals surface area contributed by atoms with Crippen LogP contribution in [0.4, 0.5) is 5.69 Å². The average Bonchev–Trinajstić information content (AvgIpc) is 3.18. The molecule has 0 aliphatic carbocycles.